The van der Waals surface area contributed by atoms with Crippen LogP contribution in [-0.4, -0.2) is 54.5 Å². The summed E-state index contributed by atoms with van der Waals surface area (Å²) >= 11 is 0. The summed E-state index contributed by atoms with van der Waals surface area (Å²) < 4.78 is 5.44. The number of ether oxygens (including phenoxy) is 1. The van der Waals surface area contributed by atoms with Crippen molar-refractivity contribution in [1.29, 1.82) is 0 Å². The minimum Gasteiger partial charge on any atom is -0.395 e. The number of carbonyl (C=O) groups is 1. The van der Waals surface area contributed by atoms with E-state index in [0.717, 1.165) is 32.1 Å². The van der Waals surface area contributed by atoms with E-state index in [1.807, 2.05) is 0 Å². The molecule has 0 bridgehead atoms. The van der Waals surface area contributed by atoms with Crippen LogP contribution in [0.1, 0.15) is 38.5 Å². The summed E-state index contributed by atoms with van der Waals surface area (Å²) in [5, 5.41) is 12.1. The third-order valence-corrected chi connectivity index (χ3v) is 3.90. The van der Waals surface area contributed by atoms with Crippen molar-refractivity contribution in [2.75, 3.05) is 20.3 Å². The minimum atomic E-state index is -0.0412. The molecule has 5 nitrogen and oxygen atoms in total. The molecule has 2 rings (SSSR count). The number of aliphatic hydroxyl groups excluding tert-OH is 1. The van der Waals surface area contributed by atoms with E-state index in [2.05, 4.69) is 5.32 Å². The Morgan fingerprint density at radius 3 is 2.67 bits per heavy atom. The van der Waals surface area contributed by atoms with Crippen molar-refractivity contribution in [3.8, 4) is 0 Å². The van der Waals surface area contributed by atoms with Crippen LogP contribution in [0.5, 0.6) is 0 Å². The molecule has 18 heavy (non-hydrogen) atoms. The van der Waals surface area contributed by atoms with Crippen molar-refractivity contribution in [2.45, 2.75) is 56.7 Å². The second-order valence-corrected chi connectivity index (χ2v) is 5.26. The van der Waals surface area contributed by atoms with E-state index in [-0.39, 0.29) is 24.8 Å². The fourth-order valence-electron chi connectivity index (χ4n) is 2.73. The lowest BCUT2D eigenvalue weighted by molar-refractivity contribution is 0.0425. The average molecular weight is 256 g/mol. The summed E-state index contributed by atoms with van der Waals surface area (Å²) in [7, 11) is 1.71. The van der Waals surface area contributed by atoms with Crippen molar-refractivity contribution in [3.63, 3.8) is 0 Å². The van der Waals surface area contributed by atoms with Gasteiger partial charge in [-0.2, -0.15) is 0 Å². The first kappa shape index (κ1) is 13.6. The van der Waals surface area contributed by atoms with Crippen LogP contribution in [0.2, 0.25) is 0 Å². The van der Waals surface area contributed by atoms with E-state index < -0.39 is 0 Å². The van der Waals surface area contributed by atoms with Gasteiger partial charge in [-0.05, 0) is 25.7 Å². The number of urea groups is 1. The van der Waals surface area contributed by atoms with Crippen LogP contribution in [-0.2, 0) is 4.74 Å². The molecule has 2 aliphatic rings. The fourth-order valence-corrected chi connectivity index (χ4v) is 2.73. The first-order valence-electron chi connectivity index (χ1n) is 6.97. The number of aliphatic hydroxyl groups is 1. The molecule has 2 amide bonds. The van der Waals surface area contributed by atoms with Gasteiger partial charge in [-0.1, -0.05) is 12.8 Å². The number of hydrogen-bond acceptors (Lipinski definition) is 3. The smallest absolute Gasteiger partial charge is 0.318 e. The van der Waals surface area contributed by atoms with E-state index in [9.17, 15) is 4.79 Å². The Labute approximate surface area is 108 Å². The Kier molecular flexibility index (Phi) is 4.83. The van der Waals surface area contributed by atoms with Gasteiger partial charge < -0.3 is 20.1 Å². The quantitative estimate of drug-likeness (QED) is 0.774. The molecule has 0 spiro atoms. The molecule has 2 N–H and O–H groups in total. The Morgan fingerprint density at radius 2 is 2.06 bits per heavy atom. The summed E-state index contributed by atoms with van der Waals surface area (Å²) in [5.74, 6) is 0. The van der Waals surface area contributed by atoms with Gasteiger partial charge in [0.05, 0.1) is 18.8 Å². The van der Waals surface area contributed by atoms with E-state index in [0.29, 0.717) is 12.6 Å². The van der Waals surface area contributed by atoms with Gasteiger partial charge in [0, 0.05) is 19.7 Å². The molecule has 0 aromatic carbocycles. The number of rotatable bonds is 5. The number of amides is 2. The van der Waals surface area contributed by atoms with Crippen molar-refractivity contribution in [3.05, 3.63) is 0 Å². The van der Waals surface area contributed by atoms with Gasteiger partial charge >= 0.3 is 6.03 Å². The molecule has 5 heteroatoms. The van der Waals surface area contributed by atoms with Crippen molar-refractivity contribution in [1.82, 2.24) is 10.2 Å². The molecular formula is C13H24N2O3. The number of nitrogens with one attached hydrogen (secondary N) is 1. The van der Waals surface area contributed by atoms with Gasteiger partial charge in [-0.25, -0.2) is 4.79 Å². The zero-order chi connectivity index (χ0) is 13.0. The Bertz CT molecular complexity index is 281. The first-order chi connectivity index (χ1) is 8.76. The van der Waals surface area contributed by atoms with Gasteiger partial charge in [0.1, 0.15) is 0 Å². The summed E-state index contributed by atoms with van der Waals surface area (Å²) in [6.45, 7) is 0.461. The molecule has 104 valence electrons. The molecule has 2 atom stereocenters. The van der Waals surface area contributed by atoms with Crippen LogP contribution in [0.15, 0.2) is 0 Å². The molecule has 0 heterocycles. The van der Waals surface area contributed by atoms with Crippen molar-refractivity contribution < 1.29 is 14.6 Å². The van der Waals surface area contributed by atoms with Crippen molar-refractivity contribution >= 4 is 6.03 Å². The zero-order valence-corrected chi connectivity index (χ0v) is 11.1. The van der Waals surface area contributed by atoms with E-state index in [1.54, 1.807) is 12.0 Å². The molecule has 0 radical (unpaired) electrons. The molecule has 2 aliphatic carbocycles. The van der Waals surface area contributed by atoms with E-state index >= 15 is 0 Å². The summed E-state index contributed by atoms with van der Waals surface area (Å²) in [6.07, 6.45) is 6.59. The highest BCUT2D eigenvalue weighted by Crippen LogP contribution is 2.27. The molecule has 0 aromatic heterocycles. The number of hydrogen-bond donors (Lipinski definition) is 2. The maximum atomic E-state index is 12.2. The fraction of sp³-hybridized carbons (Fsp3) is 0.923. The van der Waals surface area contributed by atoms with E-state index in [4.69, 9.17) is 9.84 Å². The highest BCUT2D eigenvalue weighted by atomic mass is 16.5. The molecule has 0 aliphatic heterocycles. The van der Waals surface area contributed by atoms with Crippen LogP contribution in [0, 0.1) is 0 Å². The van der Waals surface area contributed by atoms with Gasteiger partial charge in [0.15, 0.2) is 0 Å². The number of methoxy groups -OCH3 is 1. The summed E-state index contributed by atoms with van der Waals surface area (Å²) in [6, 6.07) is 0.415. The van der Waals surface area contributed by atoms with Crippen LogP contribution in [0.25, 0.3) is 0 Å². The minimum absolute atomic E-state index is 0.0301. The highest BCUT2D eigenvalue weighted by Gasteiger charge is 2.34. The zero-order valence-electron chi connectivity index (χ0n) is 11.1. The summed E-state index contributed by atoms with van der Waals surface area (Å²) in [4.78, 5) is 14.0. The lowest BCUT2D eigenvalue weighted by Crippen LogP contribution is -2.52. The van der Waals surface area contributed by atoms with Gasteiger partial charge in [0.25, 0.3) is 0 Å². The maximum Gasteiger partial charge on any atom is 0.318 e. The SMILES string of the molecule is CO[C@H]1CCCC[C@@H]1NC(=O)N(CCO)C1CC1. The largest absolute Gasteiger partial charge is 0.395 e. The van der Waals surface area contributed by atoms with Crippen LogP contribution < -0.4 is 5.32 Å². The Hall–Kier alpha value is -0.810. The van der Waals surface area contributed by atoms with Gasteiger partial charge in [-0.15, -0.1) is 0 Å². The Balaban J connectivity index is 1.87. The lowest BCUT2D eigenvalue weighted by atomic mass is 9.92. The third kappa shape index (κ3) is 3.36. The third-order valence-electron chi connectivity index (χ3n) is 3.90. The highest BCUT2D eigenvalue weighted by molar-refractivity contribution is 5.75. The Morgan fingerprint density at radius 1 is 1.33 bits per heavy atom. The summed E-state index contributed by atoms with van der Waals surface area (Å²) in [5.41, 5.74) is 0. The van der Waals surface area contributed by atoms with Crippen molar-refractivity contribution in [2.24, 2.45) is 0 Å². The monoisotopic (exact) mass is 256 g/mol. The predicted molar refractivity (Wildman–Crippen MR) is 68.4 cm³/mol. The van der Waals surface area contributed by atoms with Crippen LogP contribution in [0.3, 0.4) is 0 Å². The number of carbonyl (C=O) groups excluding carboxylic acids is 1. The maximum absolute atomic E-state index is 12.2. The number of nitrogens with zero attached hydrogens (tertiary/aromatic N) is 1. The average Bonchev–Trinajstić information content (AvgIpc) is 3.20. The molecule has 2 saturated carbocycles. The first-order valence-corrected chi connectivity index (χ1v) is 6.97. The molecule has 2 fully saturated rings. The standard InChI is InChI=1S/C13H24N2O3/c1-18-12-5-3-2-4-11(12)14-13(17)15(8-9-16)10-6-7-10/h10-12,16H,2-9H2,1H3,(H,14,17)/t11-,12-/m0/s1. The molecule has 0 unspecified atom stereocenters. The predicted octanol–water partition coefficient (Wildman–Crippen LogP) is 1.11. The molecule has 0 aromatic rings. The van der Waals surface area contributed by atoms with E-state index in [1.165, 1.54) is 6.42 Å². The lowest BCUT2D eigenvalue weighted by Gasteiger charge is -2.33. The van der Waals surface area contributed by atoms with Crippen LogP contribution >= 0.6 is 0 Å². The molecule has 0 saturated heterocycles. The normalized spacial score (nSPS) is 27.9. The second-order valence-electron chi connectivity index (χ2n) is 5.26. The van der Waals surface area contributed by atoms with Gasteiger partial charge in [-0.3, -0.25) is 0 Å². The second kappa shape index (κ2) is 6.38. The van der Waals surface area contributed by atoms with Gasteiger partial charge in [0.2, 0.25) is 0 Å². The molecular weight excluding hydrogens is 232 g/mol. The van der Waals surface area contributed by atoms with Crippen LogP contribution in [0.4, 0.5) is 4.79 Å². The topological polar surface area (TPSA) is 61.8 Å².